The zero-order valence-electron chi connectivity index (χ0n) is 15.9. The normalized spacial score (nSPS) is 14.4. The summed E-state index contributed by atoms with van der Waals surface area (Å²) in [6.07, 6.45) is 3.55. The van der Waals surface area contributed by atoms with E-state index >= 15 is 0 Å². The van der Waals surface area contributed by atoms with Crippen LogP contribution < -0.4 is 10.6 Å². The number of anilines is 2. The van der Waals surface area contributed by atoms with Gasteiger partial charge in [0.15, 0.2) is 5.65 Å². The van der Waals surface area contributed by atoms with E-state index < -0.39 is 0 Å². The molecule has 1 saturated heterocycles. The maximum absolute atomic E-state index is 6.55. The van der Waals surface area contributed by atoms with E-state index in [0.717, 1.165) is 48.3 Å². The number of nitrogens with two attached hydrogens (primary N) is 1. The van der Waals surface area contributed by atoms with Crippen LogP contribution in [-0.4, -0.2) is 32.8 Å². The number of rotatable bonds is 3. The summed E-state index contributed by atoms with van der Waals surface area (Å²) in [5.74, 6) is 1.24. The molecule has 7 heteroatoms. The second kappa shape index (κ2) is 7.37. The highest BCUT2D eigenvalue weighted by atomic mass is 35.5. The van der Waals surface area contributed by atoms with Crippen LogP contribution in [0.4, 0.5) is 11.8 Å². The molecule has 1 aliphatic heterocycles. The Labute approximate surface area is 173 Å². The molecule has 0 bridgehead atoms. The number of hydrogen-bond acceptors (Lipinski definition) is 5. The minimum atomic E-state index is 0.529. The zero-order chi connectivity index (χ0) is 19.8. The number of para-hydroxylation sites is 1. The molecule has 0 aliphatic carbocycles. The number of nitrogens with zero attached hydrogens (tertiary/aromatic N) is 5. The smallest absolute Gasteiger partial charge is 0.228 e. The monoisotopic (exact) mass is 404 g/mol. The maximum Gasteiger partial charge on any atom is 0.228 e. The molecule has 1 aliphatic rings. The first-order chi connectivity index (χ1) is 14.2. The van der Waals surface area contributed by atoms with Crippen LogP contribution in [0.15, 0.2) is 54.6 Å². The Morgan fingerprint density at radius 3 is 2.31 bits per heavy atom. The van der Waals surface area contributed by atoms with Gasteiger partial charge in [0.1, 0.15) is 5.82 Å². The SMILES string of the molecule is Nc1c2c(-c3ccc(Cl)cc3)nc(N3CCCCC3)nc2nn1-c1ccccc1. The molecule has 5 rings (SSSR count). The van der Waals surface area contributed by atoms with E-state index in [1.807, 2.05) is 54.6 Å². The highest BCUT2D eigenvalue weighted by Crippen LogP contribution is 2.34. The van der Waals surface area contributed by atoms with Gasteiger partial charge in [-0.2, -0.15) is 4.98 Å². The highest BCUT2D eigenvalue weighted by Gasteiger charge is 2.22. The fourth-order valence-corrected chi connectivity index (χ4v) is 3.94. The number of fused-ring (bicyclic) bond motifs is 1. The van der Waals surface area contributed by atoms with Crippen molar-refractivity contribution in [2.75, 3.05) is 23.7 Å². The highest BCUT2D eigenvalue weighted by molar-refractivity contribution is 6.30. The van der Waals surface area contributed by atoms with Crippen molar-refractivity contribution in [2.45, 2.75) is 19.3 Å². The van der Waals surface area contributed by atoms with Gasteiger partial charge in [-0.25, -0.2) is 9.67 Å². The summed E-state index contributed by atoms with van der Waals surface area (Å²) < 4.78 is 1.73. The lowest BCUT2D eigenvalue weighted by Crippen LogP contribution is -2.31. The van der Waals surface area contributed by atoms with Gasteiger partial charge >= 0.3 is 0 Å². The topological polar surface area (TPSA) is 72.9 Å². The van der Waals surface area contributed by atoms with Gasteiger partial charge in [0.2, 0.25) is 5.95 Å². The number of halogens is 1. The van der Waals surface area contributed by atoms with Crippen LogP contribution in [0.25, 0.3) is 28.0 Å². The van der Waals surface area contributed by atoms with Crippen molar-refractivity contribution in [3.63, 3.8) is 0 Å². The van der Waals surface area contributed by atoms with E-state index in [-0.39, 0.29) is 0 Å². The number of aromatic nitrogens is 4. The molecule has 0 spiro atoms. The summed E-state index contributed by atoms with van der Waals surface area (Å²) in [7, 11) is 0. The number of nitrogen functional groups attached to an aromatic ring is 1. The van der Waals surface area contributed by atoms with Gasteiger partial charge in [-0.15, -0.1) is 5.10 Å². The summed E-state index contributed by atoms with van der Waals surface area (Å²) in [5, 5.41) is 6.17. The van der Waals surface area contributed by atoms with Gasteiger partial charge in [0.25, 0.3) is 0 Å². The predicted octanol–water partition coefficient (Wildman–Crippen LogP) is 4.71. The van der Waals surface area contributed by atoms with Crippen molar-refractivity contribution in [3.8, 4) is 16.9 Å². The summed E-state index contributed by atoms with van der Waals surface area (Å²) in [6.45, 7) is 1.92. The van der Waals surface area contributed by atoms with E-state index in [2.05, 4.69) is 4.90 Å². The van der Waals surface area contributed by atoms with Gasteiger partial charge in [-0.05, 0) is 43.5 Å². The van der Waals surface area contributed by atoms with Gasteiger partial charge in [-0.1, -0.05) is 41.9 Å². The third-order valence-corrected chi connectivity index (χ3v) is 5.57. The van der Waals surface area contributed by atoms with Crippen LogP contribution in [0.1, 0.15) is 19.3 Å². The quantitative estimate of drug-likeness (QED) is 0.535. The molecule has 2 aromatic carbocycles. The van der Waals surface area contributed by atoms with Gasteiger partial charge in [-0.3, -0.25) is 0 Å². The molecular weight excluding hydrogens is 384 g/mol. The van der Waals surface area contributed by atoms with E-state index in [1.165, 1.54) is 6.42 Å². The largest absolute Gasteiger partial charge is 0.383 e. The van der Waals surface area contributed by atoms with Crippen molar-refractivity contribution in [3.05, 3.63) is 59.6 Å². The van der Waals surface area contributed by atoms with Gasteiger partial charge in [0.05, 0.1) is 16.8 Å². The first-order valence-electron chi connectivity index (χ1n) is 9.83. The lowest BCUT2D eigenvalue weighted by molar-refractivity contribution is 0.569. The third kappa shape index (κ3) is 3.29. The van der Waals surface area contributed by atoms with Crippen LogP contribution in [0.2, 0.25) is 5.02 Å². The summed E-state index contributed by atoms with van der Waals surface area (Å²) in [4.78, 5) is 12.0. The zero-order valence-corrected chi connectivity index (χ0v) is 16.7. The van der Waals surface area contributed by atoms with E-state index in [1.54, 1.807) is 4.68 Å². The lowest BCUT2D eigenvalue weighted by Gasteiger charge is -2.26. The third-order valence-electron chi connectivity index (χ3n) is 5.31. The Balaban J connectivity index is 1.74. The minimum Gasteiger partial charge on any atom is -0.383 e. The Morgan fingerprint density at radius 2 is 1.59 bits per heavy atom. The number of hydrogen-bond donors (Lipinski definition) is 1. The molecule has 0 unspecified atom stereocenters. The molecule has 2 aromatic heterocycles. The van der Waals surface area contributed by atoms with Crippen molar-refractivity contribution >= 4 is 34.4 Å². The van der Waals surface area contributed by atoms with Crippen LogP contribution in [0.3, 0.4) is 0 Å². The molecule has 6 nitrogen and oxygen atoms in total. The molecule has 0 atom stereocenters. The Morgan fingerprint density at radius 1 is 0.862 bits per heavy atom. The van der Waals surface area contributed by atoms with Gasteiger partial charge < -0.3 is 10.6 Å². The van der Waals surface area contributed by atoms with Crippen molar-refractivity contribution in [1.29, 1.82) is 0 Å². The van der Waals surface area contributed by atoms with Crippen molar-refractivity contribution in [1.82, 2.24) is 19.7 Å². The first-order valence-corrected chi connectivity index (χ1v) is 10.2. The van der Waals surface area contributed by atoms with E-state index in [0.29, 0.717) is 22.4 Å². The van der Waals surface area contributed by atoms with Gasteiger partial charge in [0, 0.05) is 23.7 Å². The average Bonchev–Trinajstić information content (AvgIpc) is 3.11. The van der Waals surface area contributed by atoms with Crippen LogP contribution in [0.5, 0.6) is 0 Å². The number of benzene rings is 2. The molecule has 146 valence electrons. The molecule has 0 amide bonds. The van der Waals surface area contributed by atoms with Crippen LogP contribution in [0, 0.1) is 0 Å². The second-order valence-electron chi connectivity index (χ2n) is 7.26. The molecule has 29 heavy (non-hydrogen) atoms. The maximum atomic E-state index is 6.55. The lowest BCUT2D eigenvalue weighted by atomic mass is 10.1. The minimum absolute atomic E-state index is 0.529. The second-order valence-corrected chi connectivity index (χ2v) is 7.69. The van der Waals surface area contributed by atoms with Crippen molar-refractivity contribution in [2.24, 2.45) is 0 Å². The summed E-state index contributed by atoms with van der Waals surface area (Å²) >= 11 is 6.10. The predicted molar refractivity (Wildman–Crippen MR) is 118 cm³/mol. The Hall–Kier alpha value is -3.12. The molecular formula is C22H21ClN6. The Bertz CT molecular complexity index is 1150. The number of piperidine rings is 1. The molecule has 0 saturated carbocycles. The summed E-state index contributed by atoms with van der Waals surface area (Å²) in [6, 6.07) is 17.5. The Kier molecular flexibility index (Phi) is 4.56. The molecule has 1 fully saturated rings. The summed E-state index contributed by atoms with van der Waals surface area (Å²) in [5.41, 5.74) is 9.77. The first kappa shape index (κ1) is 17.9. The average molecular weight is 405 g/mol. The van der Waals surface area contributed by atoms with E-state index in [9.17, 15) is 0 Å². The molecule has 2 N–H and O–H groups in total. The fourth-order valence-electron chi connectivity index (χ4n) is 3.82. The van der Waals surface area contributed by atoms with Crippen LogP contribution in [-0.2, 0) is 0 Å². The van der Waals surface area contributed by atoms with E-state index in [4.69, 9.17) is 32.4 Å². The molecule has 4 aromatic rings. The fraction of sp³-hybridized carbons (Fsp3) is 0.227. The van der Waals surface area contributed by atoms with Crippen molar-refractivity contribution < 1.29 is 0 Å². The standard InChI is InChI=1S/C22H21ClN6/c23-16-11-9-15(10-12-16)19-18-20(24)29(17-7-3-1-4-8-17)27-21(18)26-22(25-19)28-13-5-2-6-14-28/h1,3-4,7-12H,2,5-6,13-14,24H2. The van der Waals surface area contributed by atoms with Crippen LogP contribution >= 0.6 is 11.6 Å². The molecule has 3 heterocycles. The molecule has 0 radical (unpaired) electrons.